The zero-order valence-corrected chi connectivity index (χ0v) is 40.6. The standard InChI is InChI=1S/C49H56F2N8O6.C3H6O/c1-8-26-17-39(58(23-26)45(60)40(24(2)3)56-47(62)64-6)43-52-22-38(55-43)29-11-15-33-32-14-10-27(19-34(32)49(50,51)35(33)20-29)28-12-16-36-37(21-28)54-44(53-36)42-30-9-13-31(18-30)59(42)46(61)41(25(4)5)57-48(63)65-7;1-3(2)4/h10-12,14-16,19-22,24-26,30-31,39-42H,8-9,13,17-18,23H2,1-7H3,(H,52,55)(H,53,54)(H,56,62)(H,57,63);1-2H3/t26?,30-,31+,39?,40?,41-,42?;/m0./s1. The normalized spacial score (nSPS) is 21.7. The molecule has 2 aliphatic carbocycles. The SMILES string of the molecule is CC(C)=O.CCC1CC(c2ncc(-c3ccc4c(c3)C(F)(F)c3cc(-c5ccc6nc(C7[C@H]8CC[C@H](C8)N7C(=O)[C@@H](NC(=O)OC)C(C)C)[nH]c6c5)ccc3-4)[nH]2)N(C(=O)C(NC(=O)OC)C(C)C)C1. The van der Waals surface area contributed by atoms with Crippen molar-refractivity contribution >= 4 is 40.8 Å². The van der Waals surface area contributed by atoms with E-state index in [-0.39, 0.29) is 70.5 Å². The number of aromatic nitrogens is 4. The minimum atomic E-state index is -3.29. The van der Waals surface area contributed by atoms with Gasteiger partial charge in [0.2, 0.25) is 11.8 Å². The molecule has 2 aliphatic heterocycles. The number of piperidine rings is 1. The van der Waals surface area contributed by atoms with Gasteiger partial charge in [-0.3, -0.25) is 9.59 Å². The molecule has 3 fully saturated rings. The monoisotopic (exact) mass is 948 g/mol. The highest BCUT2D eigenvalue weighted by Crippen LogP contribution is 2.53. The number of ether oxygens (including phenoxy) is 2. The lowest BCUT2D eigenvalue weighted by atomic mass is 9.95. The van der Waals surface area contributed by atoms with E-state index in [0.29, 0.717) is 58.1 Å². The number of alkyl halides is 2. The molecular weight excluding hydrogens is 887 g/mol. The molecule has 3 aromatic carbocycles. The number of imidazole rings is 2. The van der Waals surface area contributed by atoms with Crippen LogP contribution in [0.25, 0.3) is 44.5 Å². The number of benzene rings is 3. The van der Waals surface area contributed by atoms with Crippen molar-refractivity contribution in [3.8, 4) is 33.5 Å². The molecule has 4 amide bonds. The van der Waals surface area contributed by atoms with E-state index in [9.17, 15) is 24.0 Å². The first-order valence-electron chi connectivity index (χ1n) is 23.9. The minimum absolute atomic E-state index is 0.0443. The Labute approximate surface area is 400 Å². The van der Waals surface area contributed by atoms with Crippen molar-refractivity contribution in [1.29, 1.82) is 0 Å². The van der Waals surface area contributed by atoms with E-state index in [1.165, 1.54) is 34.1 Å². The number of H-pyrrole nitrogens is 2. The predicted octanol–water partition coefficient (Wildman–Crippen LogP) is 9.45. The van der Waals surface area contributed by atoms with Crippen molar-refractivity contribution in [2.24, 2.45) is 23.7 Å². The molecule has 4 heterocycles. The second-order valence-corrected chi connectivity index (χ2v) is 19.7. The Morgan fingerprint density at radius 1 is 0.783 bits per heavy atom. The number of carbonyl (C=O) groups is 5. The molecule has 0 spiro atoms. The van der Waals surface area contributed by atoms with Crippen LogP contribution in [0.3, 0.4) is 0 Å². The summed E-state index contributed by atoms with van der Waals surface area (Å²) in [6.45, 7) is 13.1. The number of ketones is 1. The highest BCUT2D eigenvalue weighted by molar-refractivity contribution is 5.89. The van der Waals surface area contributed by atoms with Gasteiger partial charge in [-0.1, -0.05) is 71.4 Å². The molecule has 2 bridgehead atoms. The van der Waals surface area contributed by atoms with E-state index < -0.39 is 30.2 Å². The van der Waals surface area contributed by atoms with Gasteiger partial charge in [-0.15, -0.1) is 0 Å². The van der Waals surface area contributed by atoms with E-state index in [2.05, 4.69) is 32.5 Å². The molecule has 17 heteroatoms. The molecule has 2 aromatic heterocycles. The van der Waals surface area contributed by atoms with Crippen LogP contribution in [0.1, 0.15) is 115 Å². The van der Waals surface area contributed by atoms with E-state index >= 15 is 8.78 Å². The first kappa shape index (κ1) is 48.8. The maximum atomic E-state index is 16.7. The van der Waals surface area contributed by atoms with Crippen LogP contribution >= 0.6 is 0 Å². The average Bonchev–Trinajstić information content (AvgIpc) is 4.20. The van der Waals surface area contributed by atoms with Gasteiger partial charge < -0.3 is 44.7 Å². The molecule has 7 atom stereocenters. The Balaban J connectivity index is 0.00000155. The third-order valence-electron chi connectivity index (χ3n) is 14.2. The van der Waals surface area contributed by atoms with E-state index in [4.69, 9.17) is 14.5 Å². The second kappa shape index (κ2) is 19.4. The lowest BCUT2D eigenvalue weighted by Gasteiger charge is -2.37. The van der Waals surface area contributed by atoms with Crippen LogP contribution in [0.15, 0.2) is 60.8 Å². The van der Waals surface area contributed by atoms with Gasteiger partial charge in [-0.25, -0.2) is 19.6 Å². The molecule has 69 heavy (non-hydrogen) atoms. The fraction of sp³-hybridized carbons (Fsp3) is 0.481. The molecule has 4 N–H and O–H groups in total. The summed E-state index contributed by atoms with van der Waals surface area (Å²) in [5.74, 6) is -2.20. The number of nitrogens with zero attached hydrogens (tertiary/aromatic N) is 4. The zero-order valence-electron chi connectivity index (χ0n) is 40.6. The Hall–Kier alpha value is -6.65. The largest absolute Gasteiger partial charge is 0.453 e. The minimum Gasteiger partial charge on any atom is -0.453 e. The van der Waals surface area contributed by atoms with Gasteiger partial charge in [-0.05, 0) is 110 Å². The maximum Gasteiger partial charge on any atom is 0.407 e. The van der Waals surface area contributed by atoms with Gasteiger partial charge in [0.1, 0.15) is 29.5 Å². The number of nitrogens with one attached hydrogen (secondary N) is 4. The van der Waals surface area contributed by atoms with Crippen LogP contribution in [0, 0.1) is 23.7 Å². The highest BCUT2D eigenvalue weighted by Gasteiger charge is 2.52. The number of fused-ring (bicyclic) bond motifs is 6. The number of rotatable bonds is 11. The summed E-state index contributed by atoms with van der Waals surface area (Å²) >= 11 is 0. The first-order chi connectivity index (χ1) is 32.8. The van der Waals surface area contributed by atoms with Crippen LogP contribution in [-0.2, 0) is 29.8 Å². The fourth-order valence-electron chi connectivity index (χ4n) is 10.7. The number of hydrogen-bond acceptors (Lipinski definition) is 9. The van der Waals surface area contributed by atoms with Gasteiger partial charge in [0.15, 0.2) is 0 Å². The molecule has 5 aromatic rings. The van der Waals surface area contributed by atoms with Crippen LogP contribution in [-0.4, -0.2) is 98.4 Å². The summed E-state index contributed by atoms with van der Waals surface area (Å²) in [5, 5.41) is 5.42. The lowest BCUT2D eigenvalue weighted by Crippen LogP contribution is -2.54. The summed E-state index contributed by atoms with van der Waals surface area (Å²) in [6, 6.07) is 13.7. The van der Waals surface area contributed by atoms with Crippen LogP contribution in [0.5, 0.6) is 0 Å². The number of alkyl carbamates (subject to hydrolysis) is 2. The lowest BCUT2D eigenvalue weighted by molar-refractivity contribution is -0.139. The molecule has 366 valence electrons. The summed E-state index contributed by atoms with van der Waals surface area (Å²) < 4.78 is 42.9. The summed E-state index contributed by atoms with van der Waals surface area (Å²) in [6.07, 6.45) is 4.52. The Morgan fingerprint density at radius 3 is 1.97 bits per heavy atom. The maximum absolute atomic E-state index is 16.7. The Morgan fingerprint density at radius 2 is 1.36 bits per heavy atom. The van der Waals surface area contributed by atoms with Crippen molar-refractivity contribution in [3.63, 3.8) is 0 Å². The molecule has 15 nitrogen and oxygen atoms in total. The number of carbonyl (C=O) groups excluding carboxylic acids is 5. The second-order valence-electron chi connectivity index (χ2n) is 19.7. The van der Waals surface area contributed by atoms with Crippen molar-refractivity contribution in [2.75, 3.05) is 20.8 Å². The quantitative estimate of drug-likeness (QED) is 0.0999. The number of halogens is 2. The van der Waals surface area contributed by atoms with Crippen molar-refractivity contribution < 1.29 is 42.2 Å². The molecule has 2 saturated heterocycles. The molecule has 4 unspecified atom stereocenters. The van der Waals surface area contributed by atoms with Crippen LogP contribution in [0.4, 0.5) is 18.4 Å². The van der Waals surface area contributed by atoms with Crippen molar-refractivity contribution in [1.82, 2.24) is 40.4 Å². The third kappa shape index (κ3) is 9.31. The van der Waals surface area contributed by atoms with Crippen LogP contribution in [0.2, 0.25) is 0 Å². The zero-order chi connectivity index (χ0) is 49.6. The topological polar surface area (TPSA) is 192 Å². The highest BCUT2D eigenvalue weighted by atomic mass is 19.3. The molecular formula is C52H62F2N8O7. The van der Waals surface area contributed by atoms with E-state index in [1.807, 2.05) is 62.9 Å². The van der Waals surface area contributed by atoms with Gasteiger partial charge in [0.25, 0.3) is 5.92 Å². The smallest absolute Gasteiger partial charge is 0.407 e. The number of likely N-dealkylation sites (tertiary alicyclic amines) is 2. The predicted molar refractivity (Wildman–Crippen MR) is 256 cm³/mol. The van der Waals surface area contributed by atoms with Crippen molar-refractivity contribution in [3.05, 3.63) is 83.6 Å². The fourth-order valence-corrected chi connectivity index (χ4v) is 10.7. The van der Waals surface area contributed by atoms with Crippen molar-refractivity contribution in [2.45, 2.75) is 117 Å². The number of methoxy groups -OCH3 is 2. The summed E-state index contributed by atoms with van der Waals surface area (Å²) in [4.78, 5) is 81.9. The molecule has 0 radical (unpaired) electrons. The molecule has 4 aliphatic rings. The van der Waals surface area contributed by atoms with Gasteiger partial charge in [-0.2, -0.15) is 8.78 Å². The first-order valence-corrected chi connectivity index (χ1v) is 23.9. The molecule has 9 rings (SSSR count). The van der Waals surface area contributed by atoms with Gasteiger partial charge in [0.05, 0.1) is 49.2 Å². The van der Waals surface area contributed by atoms with Gasteiger partial charge >= 0.3 is 12.2 Å². The molecule has 1 saturated carbocycles. The Bertz CT molecular complexity index is 2780. The van der Waals surface area contributed by atoms with E-state index in [0.717, 1.165) is 36.8 Å². The van der Waals surface area contributed by atoms with Crippen LogP contribution < -0.4 is 10.6 Å². The van der Waals surface area contributed by atoms with Gasteiger partial charge in [0, 0.05) is 29.3 Å². The van der Waals surface area contributed by atoms with E-state index in [1.54, 1.807) is 29.3 Å². The number of Topliss-reactive ketones (excluding diaryl/α,β-unsaturated/α-hetero) is 1. The number of hydrogen-bond donors (Lipinski definition) is 4. The summed E-state index contributed by atoms with van der Waals surface area (Å²) in [5.41, 5.74) is 4.62. The Kier molecular flexibility index (Phi) is 13.7. The average molecular weight is 949 g/mol. The third-order valence-corrected chi connectivity index (χ3v) is 14.2. The number of aromatic amines is 2. The summed E-state index contributed by atoms with van der Waals surface area (Å²) in [7, 11) is 2.54. The number of amides is 4.